The molecular formula is C16H21N3O3S. The topological polar surface area (TPSA) is 76.3 Å². The van der Waals surface area contributed by atoms with E-state index in [0.29, 0.717) is 24.8 Å². The fourth-order valence-corrected chi connectivity index (χ4v) is 4.42. The maximum atomic E-state index is 11.6. The average molecular weight is 335 g/mol. The van der Waals surface area contributed by atoms with Crippen molar-refractivity contribution in [2.24, 2.45) is 0 Å². The van der Waals surface area contributed by atoms with E-state index in [4.69, 9.17) is 4.52 Å². The number of hydrogen-bond acceptors (Lipinski definition) is 6. The maximum absolute atomic E-state index is 11.6. The van der Waals surface area contributed by atoms with Gasteiger partial charge in [0, 0.05) is 19.0 Å². The van der Waals surface area contributed by atoms with Crippen molar-refractivity contribution >= 4 is 9.84 Å². The summed E-state index contributed by atoms with van der Waals surface area (Å²) in [6.45, 7) is 2.95. The Morgan fingerprint density at radius 1 is 1.26 bits per heavy atom. The molecule has 1 saturated heterocycles. The number of aryl methyl sites for hydroxylation is 2. The molecular weight excluding hydrogens is 314 g/mol. The molecule has 0 spiro atoms. The van der Waals surface area contributed by atoms with Gasteiger partial charge in [-0.15, -0.1) is 0 Å². The molecule has 6 nitrogen and oxygen atoms in total. The van der Waals surface area contributed by atoms with Gasteiger partial charge in [-0.1, -0.05) is 35.5 Å². The minimum atomic E-state index is -2.90. The van der Waals surface area contributed by atoms with E-state index in [-0.39, 0.29) is 17.5 Å². The molecule has 1 aliphatic heterocycles. The van der Waals surface area contributed by atoms with Crippen molar-refractivity contribution in [2.45, 2.75) is 32.4 Å². The summed E-state index contributed by atoms with van der Waals surface area (Å²) in [4.78, 5) is 6.50. The van der Waals surface area contributed by atoms with Crippen LogP contribution in [0.15, 0.2) is 34.9 Å². The molecule has 2 heterocycles. The molecule has 0 amide bonds. The summed E-state index contributed by atoms with van der Waals surface area (Å²) in [5.74, 6) is 1.65. The third-order valence-electron chi connectivity index (χ3n) is 4.14. The molecule has 0 radical (unpaired) electrons. The van der Waals surface area contributed by atoms with Crippen molar-refractivity contribution in [3.63, 3.8) is 0 Å². The van der Waals surface area contributed by atoms with Crippen LogP contribution in [0, 0.1) is 0 Å². The predicted octanol–water partition coefficient (Wildman–Crippen LogP) is 1.47. The van der Waals surface area contributed by atoms with Crippen molar-refractivity contribution in [1.82, 2.24) is 15.0 Å². The zero-order chi connectivity index (χ0) is 16.3. The first kappa shape index (κ1) is 16.1. The first-order chi connectivity index (χ1) is 11.0. The van der Waals surface area contributed by atoms with Crippen LogP contribution in [-0.4, -0.2) is 47.6 Å². The predicted molar refractivity (Wildman–Crippen MR) is 86.7 cm³/mol. The van der Waals surface area contributed by atoms with Crippen molar-refractivity contribution < 1.29 is 12.9 Å². The van der Waals surface area contributed by atoms with Gasteiger partial charge in [0.1, 0.15) is 0 Å². The molecule has 1 fully saturated rings. The molecule has 0 N–H and O–H groups in total. The van der Waals surface area contributed by atoms with E-state index >= 15 is 0 Å². The van der Waals surface area contributed by atoms with Crippen LogP contribution in [0.2, 0.25) is 0 Å². The van der Waals surface area contributed by atoms with Gasteiger partial charge in [0.2, 0.25) is 5.89 Å². The van der Waals surface area contributed by atoms with Gasteiger partial charge in [0.15, 0.2) is 15.7 Å². The van der Waals surface area contributed by atoms with Crippen LogP contribution in [0.1, 0.15) is 24.2 Å². The van der Waals surface area contributed by atoms with Gasteiger partial charge >= 0.3 is 0 Å². The van der Waals surface area contributed by atoms with Crippen LogP contribution in [0.4, 0.5) is 0 Å². The molecule has 0 unspecified atom stereocenters. The molecule has 3 rings (SSSR count). The zero-order valence-electron chi connectivity index (χ0n) is 13.2. The fraction of sp³-hybridized carbons (Fsp3) is 0.500. The van der Waals surface area contributed by atoms with Gasteiger partial charge in [-0.2, -0.15) is 4.98 Å². The van der Waals surface area contributed by atoms with Crippen molar-refractivity contribution in [3.05, 3.63) is 47.6 Å². The number of hydrogen-bond donors (Lipinski definition) is 0. The molecule has 2 aromatic rings. The highest BCUT2D eigenvalue weighted by Gasteiger charge is 2.29. The first-order valence-corrected chi connectivity index (χ1v) is 9.64. The molecule has 1 aromatic heterocycles. The lowest BCUT2D eigenvalue weighted by Crippen LogP contribution is -2.46. The minimum absolute atomic E-state index is 0.0200. The summed E-state index contributed by atoms with van der Waals surface area (Å²) < 4.78 is 28.5. The molecule has 7 heteroatoms. The highest BCUT2D eigenvalue weighted by atomic mass is 32.2. The van der Waals surface area contributed by atoms with Crippen LogP contribution < -0.4 is 0 Å². The van der Waals surface area contributed by atoms with Crippen LogP contribution in [-0.2, 0) is 29.2 Å². The number of aromatic nitrogens is 2. The maximum Gasteiger partial charge on any atom is 0.240 e. The second-order valence-electron chi connectivity index (χ2n) is 6.02. The lowest BCUT2D eigenvalue weighted by Gasteiger charge is -2.31. The minimum Gasteiger partial charge on any atom is -0.338 e. The molecule has 23 heavy (non-hydrogen) atoms. The SMILES string of the molecule is C[C@H]1CS(=O)(=O)CCN1Cc1nc(CCc2ccccc2)no1. The molecule has 1 aromatic carbocycles. The second-order valence-corrected chi connectivity index (χ2v) is 8.25. The molecule has 124 valence electrons. The third-order valence-corrected chi connectivity index (χ3v) is 5.93. The summed E-state index contributed by atoms with van der Waals surface area (Å²) in [6, 6.07) is 10.2. The van der Waals surface area contributed by atoms with E-state index in [9.17, 15) is 8.42 Å². The van der Waals surface area contributed by atoms with E-state index in [1.165, 1.54) is 5.56 Å². The Kier molecular flexibility index (Phi) is 4.77. The first-order valence-electron chi connectivity index (χ1n) is 7.82. The van der Waals surface area contributed by atoms with Crippen molar-refractivity contribution in [3.8, 4) is 0 Å². The number of benzene rings is 1. The largest absolute Gasteiger partial charge is 0.338 e. The Morgan fingerprint density at radius 3 is 2.78 bits per heavy atom. The van der Waals surface area contributed by atoms with Crippen LogP contribution in [0.25, 0.3) is 0 Å². The Morgan fingerprint density at radius 2 is 2.04 bits per heavy atom. The van der Waals surface area contributed by atoms with Gasteiger partial charge < -0.3 is 4.52 Å². The molecule has 0 aliphatic carbocycles. The Labute approximate surface area is 136 Å². The Bertz CT molecular complexity index is 743. The lowest BCUT2D eigenvalue weighted by atomic mass is 10.1. The molecule has 1 atom stereocenters. The monoisotopic (exact) mass is 335 g/mol. The second kappa shape index (κ2) is 6.80. The van der Waals surface area contributed by atoms with E-state index in [2.05, 4.69) is 27.2 Å². The average Bonchev–Trinajstić information content (AvgIpc) is 2.96. The van der Waals surface area contributed by atoms with Gasteiger partial charge in [-0.25, -0.2) is 8.42 Å². The van der Waals surface area contributed by atoms with Crippen molar-refractivity contribution in [1.29, 1.82) is 0 Å². The summed E-state index contributed by atoms with van der Waals surface area (Å²) in [5.41, 5.74) is 1.24. The number of sulfone groups is 1. The molecule has 1 aliphatic rings. The molecule has 0 saturated carbocycles. The Balaban J connectivity index is 1.55. The van der Waals surface area contributed by atoms with Gasteiger partial charge in [-0.05, 0) is 18.9 Å². The van der Waals surface area contributed by atoms with Gasteiger partial charge in [0.05, 0.1) is 18.1 Å². The highest BCUT2D eigenvalue weighted by molar-refractivity contribution is 7.91. The quantitative estimate of drug-likeness (QED) is 0.824. The summed E-state index contributed by atoms with van der Waals surface area (Å²) in [7, 11) is -2.90. The Hall–Kier alpha value is -1.73. The van der Waals surface area contributed by atoms with Crippen molar-refractivity contribution in [2.75, 3.05) is 18.1 Å². The van der Waals surface area contributed by atoms with Gasteiger partial charge in [-0.3, -0.25) is 4.90 Å². The standard InChI is InChI=1S/C16H21N3O3S/c1-13-12-23(20,21)10-9-19(13)11-16-17-15(18-22-16)8-7-14-5-3-2-4-6-14/h2-6,13H,7-12H2,1H3/t13-/m0/s1. The summed E-state index contributed by atoms with van der Waals surface area (Å²) in [6.07, 6.45) is 1.61. The van der Waals surface area contributed by atoms with E-state index in [1.54, 1.807) is 0 Å². The van der Waals surface area contributed by atoms with E-state index in [0.717, 1.165) is 12.8 Å². The van der Waals surface area contributed by atoms with Crippen LogP contribution >= 0.6 is 0 Å². The smallest absolute Gasteiger partial charge is 0.240 e. The normalized spacial score (nSPS) is 21.3. The fourth-order valence-electron chi connectivity index (χ4n) is 2.80. The molecule has 0 bridgehead atoms. The number of nitrogens with zero attached hydrogens (tertiary/aromatic N) is 3. The lowest BCUT2D eigenvalue weighted by molar-refractivity contribution is 0.189. The van der Waals surface area contributed by atoms with E-state index < -0.39 is 9.84 Å². The summed E-state index contributed by atoms with van der Waals surface area (Å²) >= 11 is 0. The van der Waals surface area contributed by atoms with E-state index in [1.807, 2.05) is 25.1 Å². The zero-order valence-corrected chi connectivity index (χ0v) is 14.0. The van der Waals surface area contributed by atoms with Crippen LogP contribution in [0.3, 0.4) is 0 Å². The highest BCUT2D eigenvalue weighted by Crippen LogP contribution is 2.15. The number of rotatable bonds is 5. The third kappa shape index (κ3) is 4.39. The summed E-state index contributed by atoms with van der Waals surface area (Å²) in [5, 5.41) is 4.02. The van der Waals surface area contributed by atoms with Crippen LogP contribution in [0.5, 0.6) is 0 Å². The van der Waals surface area contributed by atoms with Gasteiger partial charge in [0.25, 0.3) is 0 Å².